The Bertz CT molecular complexity index is 902. The van der Waals surface area contributed by atoms with Crippen LogP contribution in [-0.2, 0) is 25.4 Å². The largest absolute Gasteiger partial charge is 0.422 e. The third-order valence-corrected chi connectivity index (χ3v) is 5.51. The van der Waals surface area contributed by atoms with Gasteiger partial charge in [-0.25, -0.2) is 4.79 Å². The molecule has 0 N–H and O–H groups in total. The molecule has 0 saturated heterocycles. The Balaban J connectivity index is 2.13. The summed E-state index contributed by atoms with van der Waals surface area (Å²) in [5.74, 6) is 0. The van der Waals surface area contributed by atoms with E-state index in [-0.39, 0.29) is 28.3 Å². The molecule has 0 radical (unpaired) electrons. The molecule has 0 aliphatic carbocycles. The first-order valence-electron chi connectivity index (χ1n) is 8.44. The van der Waals surface area contributed by atoms with Gasteiger partial charge in [-0.3, -0.25) is 0 Å². The minimum Gasteiger partial charge on any atom is -0.422 e. The Morgan fingerprint density at radius 3 is 2.60 bits per heavy atom. The molecule has 2 aliphatic heterocycles. The second kappa shape index (κ2) is 6.04. The molecular formula is C18H17BrF3NO2. The van der Waals surface area contributed by atoms with E-state index < -0.39 is 17.4 Å². The molecule has 3 heterocycles. The number of halogens is 4. The van der Waals surface area contributed by atoms with Crippen LogP contribution in [0.4, 0.5) is 18.9 Å². The molecule has 3 nitrogen and oxygen atoms in total. The van der Waals surface area contributed by atoms with Gasteiger partial charge >= 0.3 is 11.8 Å². The average molecular weight is 416 g/mol. The summed E-state index contributed by atoms with van der Waals surface area (Å²) >= 11 is 3.14. The summed E-state index contributed by atoms with van der Waals surface area (Å²) < 4.78 is 46.9. The van der Waals surface area contributed by atoms with Gasteiger partial charge in [-0.05, 0) is 43.7 Å². The predicted molar refractivity (Wildman–Crippen MR) is 93.8 cm³/mol. The number of alkyl halides is 4. The monoisotopic (exact) mass is 415 g/mol. The highest BCUT2D eigenvalue weighted by molar-refractivity contribution is 9.09. The zero-order chi connectivity index (χ0) is 17.8. The third-order valence-electron chi connectivity index (χ3n) is 5.11. The molecule has 0 fully saturated rings. The van der Waals surface area contributed by atoms with Crippen LogP contribution >= 0.6 is 15.9 Å². The van der Waals surface area contributed by atoms with Crippen molar-refractivity contribution < 1.29 is 17.6 Å². The predicted octanol–water partition coefficient (Wildman–Crippen LogP) is 4.45. The number of hydrogen-bond acceptors (Lipinski definition) is 3. The van der Waals surface area contributed by atoms with Crippen LogP contribution in [0.15, 0.2) is 15.3 Å². The summed E-state index contributed by atoms with van der Waals surface area (Å²) in [4.78, 5) is 14.5. The Morgan fingerprint density at radius 2 is 1.92 bits per heavy atom. The fourth-order valence-electron chi connectivity index (χ4n) is 4.20. The first kappa shape index (κ1) is 16.9. The molecule has 134 valence electrons. The van der Waals surface area contributed by atoms with Crippen LogP contribution in [-0.4, -0.2) is 18.4 Å². The minimum atomic E-state index is -4.59. The van der Waals surface area contributed by atoms with E-state index in [1.807, 2.05) is 0 Å². The Labute approximate surface area is 150 Å². The highest BCUT2D eigenvalue weighted by atomic mass is 79.9. The first-order valence-corrected chi connectivity index (χ1v) is 9.56. The van der Waals surface area contributed by atoms with Crippen LogP contribution in [0.25, 0.3) is 11.0 Å². The van der Waals surface area contributed by atoms with Crippen LogP contribution in [0.3, 0.4) is 0 Å². The van der Waals surface area contributed by atoms with Crippen LogP contribution in [0, 0.1) is 0 Å². The number of aryl methyl sites for hydroxylation is 2. The van der Waals surface area contributed by atoms with E-state index in [0.29, 0.717) is 6.42 Å². The summed E-state index contributed by atoms with van der Waals surface area (Å²) in [6, 6.07) is 1.61. The molecule has 2 aromatic rings. The number of rotatable bonds is 2. The van der Waals surface area contributed by atoms with Gasteiger partial charge in [0.25, 0.3) is 0 Å². The average Bonchev–Trinajstić information content (AvgIpc) is 2.56. The standard InChI is InChI=1S/C18H17BrF3NO2/c19-6-5-11-14(18(20,21)22)13-9-10-3-1-7-23-8-2-4-12(15(10)23)16(13)25-17(11)24/h9H,1-8H2. The van der Waals surface area contributed by atoms with Gasteiger partial charge in [0.1, 0.15) is 5.58 Å². The number of fused-ring (bicyclic) bond motifs is 2. The Kier molecular flexibility index (Phi) is 4.09. The summed E-state index contributed by atoms with van der Waals surface area (Å²) in [7, 11) is 0. The fraction of sp³-hybridized carbons (Fsp3) is 0.500. The lowest BCUT2D eigenvalue weighted by atomic mass is 9.88. The van der Waals surface area contributed by atoms with E-state index in [1.54, 1.807) is 6.07 Å². The molecular weight excluding hydrogens is 399 g/mol. The van der Waals surface area contributed by atoms with Gasteiger partial charge in [-0.1, -0.05) is 15.9 Å². The number of nitrogens with zero attached hydrogens (tertiary/aromatic N) is 1. The van der Waals surface area contributed by atoms with Crippen LogP contribution < -0.4 is 10.5 Å². The Morgan fingerprint density at radius 1 is 1.20 bits per heavy atom. The highest BCUT2D eigenvalue weighted by Crippen LogP contribution is 2.44. The molecule has 1 aromatic heterocycles. The molecule has 0 atom stereocenters. The molecule has 4 rings (SSSR count). The smallest absolute Gasteiger partial charge is 0.417 e. The maximum atomic E-state index is 13.8. The lowest BCUT2D eigenvalue weighted by Gasteiger charge is -2.37. The molecule has 0 spiro atoms. The molecule has 7 heteroatoms. The van der Waals surface area contributed by atoms with E-state index in [4.69, 9.17) is 4.42 Å². The first-order chi connectivity index (χ1) is 11.9. The molecule has 0 bridgehead atoms. The molecule has 2 aliphatic rings. The minimum absolute atomic E-state index is 0.00827. The second-order valence-corrected chi connectivity index (χ2v) is 7.41. The quantitative estimate of drug-likeness (QED) is 0.536. The second-order valence-electron chi connectivity index (χ2n) is 6.61. The maximum Gasteiger partial charge on any atom is 0.417 e. The lowest BCUT2D eigenvalue weighted by molar-refractivity contribution is -0.137. The van der Waals surface area contributed by atoms with E-state index in [9.17, 15) is 18.0 Å². The fourth-order valence-corrected chi connectivity index (χ4v) is 4.59. The van der Waals surface area contributed by atoms with Crippen molar-refractivity contribution in [3.63, 3.8) is 0 Å². The van der Waals surface area contributed by atoms with Crippen molar-refractivity contribution in [1.82, 2.24) is 0 Å². The van der Waals surface area contributed by atoms with Crippen LogP contribution in [0.5, 0.6) is 0 Å². The van der Waals surface area contributed by atoms with Gasteiger partial charge in [0.05, 0.1) is 11.1 Å². The molecule has 0 amide bonds. The van der Waals surface area contributed by atoms with Crippen molar-refractivity contribution in [3.8, 4) is 0 Å². The Hall–Kier alpha value is -1.50. The van der Waals surface area contributed by atoms with Crippen molar-refractivity contribution >= 4 is 32.6 Å². The van der Waals surface area contributed by atoms with E-state index in [2.05, 4.69) is 20.8 Å². The zero-order valence-corrected chi connectivity index (χ0v) is 15.1. The lowest BCUT2D eigenvalue weighted by Crippen LogP contribution is -2.34. The number of hydrogen-bond donors (Lipinski definition) is 0. The van der Waals surface area contributed by atoms with Crippen molar-refractivity contribution in [2.75, 3.05) is 23.3 Å². The van der Waals surface area contributed by atoms with Gasteiger partial charge < -0.3 is 9.32 Å². The van der Waals surface area contributed by atoms with Crippen LogP contribution in [0.1, 0.15) is 35.1 Å². The maximum absolute atomic E-state index is 13.8. The number of anilines is 1. The topological polar surface area (TPSA) is 33.5 Å². The summed E-state index contributed by atoms with van der Waals surface area (Å²) in [6.07, 6.45) is -1.39. The van der Waals surface area contributed by atoms with Gasteiger partial charge in [0.15, 0.2) is 0 Å². The highest BCUT2D eigenvalue weighted by Gasteiger charge is 2.39. The van der Waals surface area contributed by atoms with Gasteiger partial charge in [0.2, 0.25) is 0 Å². The zero-order valence-electron chi connectivity index (χ0n) is 13.5. The summed E-state index contributed by atoms with van der Waals surface area (Å²) in [5, 5.41) is 0.318. The van der Waals surface area contributed by atoms with Gasteiger partial charge in [-0.15, -0.1) is 0 Å². The normalized spacial score (nSPS) is 17.0. The van der Waals surface area contributed by atoms with E-state index >= 15 is 0 Å². The molecule has 1 aromatic carbocycles. The molecule has 25 heavy (non-hydrogen) atoms. The molecule has 0 saturated carbocycles. The van der Waals surface area contributed by atoms with Gasteiger partial charge in [0, 0.05) is 35.1 Å². The number of benzene rings is 1. The SMILES string of the molecule is O=c1oc2c3c4c(cc2c(C(F)(F)F)c1CCBr)CCCN4CCC3. The van der Waals surface area contributed by atoms with E-state index in [0.717, 1.165) is 49.2 Å². The van der Waals surface area contributed by atoms with Crippen molar-refractivity contribution in [1.29, 1.82) is 0 Å². The van der Waals surface area contributed by atoms with Crippen molar-refractivity contribution in [2.24, 2.45) is 0 Å². The van der Waals surface area contributed by atoms with E-state index in [1.165, 1.54) is 0 Å². The van der Waals surface area contributed by atoms with Gasteiger partial charge in [-0.2, -0.15) is 13.2 Å². The van der Waals surface area contributed by atoms with Crippen LogP contribution in [0.2, 0.25) is 0 Å². The summed E-state index contributed by atoms with van der Waals surface area (Å²) in [6.45, 7) is 1.81. The molecule has 0 unspecified atom stereocenters. The van der Waals surface area contributed by atoms with Crippen molar-refractivity contribution in [2.45, 2.75) is 38.3 Å². The summed E-state index contributed by atoms with van der Waals surface area (Å²) in [5.41, 5.74) is 0.857. The third kappa shape index (κ3) is 2.67. The van der Waals surface area contributed by atoms with Crippen molar-refractivity contribution in [3.05, 3.63) is 38.7 Å².